The van der Waals surface area contributed by atoms with Crippen LogP contribution >= 0.6 is 0 Å². The van der Waals surface area contributed by atoms with Crippen LogP contribution in [-0.4, -0.2) is 28.3 Å². The van der Waals surface area contributed by atoms with Gasteiger partial charge in [-0.15, -0.1) is 0 Å². The highest BCUT2D eigenvalue weighted by atomic mass is 16.5. The molecule has 0 saturated heterocycles. The van der Waals surface area contributed by atoms with Gasteiger partial charge in [0.1, 0.15) is 11.4 Å². The molecule has 0 aromatic heterocycles. The highest BCUT2D eigenvalue weighted by molar-refractivity contribution is 5.45. The topological polar surface area (TPSA) is 9.23 Å². The SMILES string of the molecule is COc1[c]ccc([N+](C)(C)C)c1. The van der Waals surface area contributed by atoms with Crippen LogP contribution in [0.2, 0.25) is 0 Å². The van der Waals surface area contributed by atoms with Gasteiger partial charge in [0.05, 0.1) is 28.3 Å². The van der Waals surface area contributed by atoms with Crippen molar-refractivity contribution in [2.24, 2.45) is 0 Å². The van der Waals surface area contributed by atoms with E-state index in [0.717, 1.165) is 10.2 Å². The summed E-state index contributed by atoms with van der Waals surface area (Å²) in [7, 11) is 8.02. The van der Waals surface area contributed by atoms with Crippen molar-refractivity contribution in [1.82, 2.24) is 4.48 Å². The number of nitrogens with zero attached hydrogens (tertiary/aromatic N) is 1. The Morgan fingerprint density at radius 2 is 2.00 bits per heavy atom. The summed E-state index contributed by atoms with van der Waals surface area (Å²) in [6.07, 6.45) is 0. The van der Waals surface area contributed by atoms with Crippen LogP contribution in [-0.2, 0) is 0 Å². The van der Waals surface area contributed by atoms with E-state index in [4.69, 9.17) is 4.74 Å². The highest BCUT2D eigenvalue weighted by Gasteiger charge is 2.11. The smallest absolute Gasteiger partial charge is 0.135 e. The molecule has 0 N–H and O–H groups in total. The lowest BCUT2D eigenvalue weighted by atomic mass is 10.2. The largest absolute Gasteiger partial charge is 0.496 e. The van der Waals surface area contributed by atoms with Crippen molar-refractivity contribution >= 4 is 5.69 Å². The van der Waals surface area contributed by atoms with Crippen molar-refractivity contribution in [2.45, 2.75) is 0 Å². The van der Waals surface area contributed by atoms with Crippen molar-refractivity contribution in [1.29, 1.82) is 0 Å². The molecule has 0 fully saturated rings. The van der Waals surface area contributed by atoms with Gasteiger partial charge in [-0.2, -0.15) is 0 Å². The van der Waals surface area contributed by atoms with Gasteiger partial charge in [0.25, 0.3) is 0 Å². The molecule has 2 heteroatoms. The summed E-state index contributed by atoms with van der Waals surface area (Å²) >= 11 is 0. The molecule has 0 amide bonds. The first-order valence-corrected chi connectivity index (χ1v) is 3.92. The second-order valence-electron chi connectivity index (χ2n) is 3.63. The molecule has 0 bridgehead atoms. The van der Waals surface area contributed by atoms with E-state index >= 15 is 0 Å². The van der Waals surface area contributed by atoms with Gasteiger partial charge in [-0.05, 0) is 12.1 Å². The van der Waals surface area contributed by atoms with Crippen molar-refractivity contribution in [3.63, 3.8) is 0 Å². The van der Waals surface area contributed by atoms with Crippen LogP contribution in [0.15, 0.2) is 18.2 Å². The number of quaternary nitrogens is 1. The second-order valence-corrected chi connectivity index (χ2v) is 3.63. The van der Waals surface area contributed by atoms with Gasteiger partial charge >= 0.3 is 0 Å². The molecule has 0 aliphatic rings. The maximum atomic E-state index is 5.08. The third-order valence-electron chi connectivity index (χ3n) is 1.75. The van der Waals surface area contributed by atoms with E-state index in [2.05, 4.69) is 27.2 Å². The molecule has 1 rings (SSSR count). The zero-order valence-electron chi connectivity index (χ0n) is 8.09. The molecule has 1 aromatic carbocycles. The summed E-state index contributed by atoms with van der Waals surface area (Å²) in [4.78, 5) is 0. The second kappa shape index (κ2) is 3.15. The van der Waals surface area contributed by atoms with Gasteiger partial charge in [0.2, 0.25) is 0 Å². The fraction of sp³-hybridized carbons (Fsp3) is 0.400. The minimum Gasteiger partial charge on any atom is -0.496 e. The first kappa shape index (κ1) is 9.07. The van der Waals surface area contributed by atoms with E-state index in [1.807, 2.05) is 18.2 Å². The highest BCUT2D eigenvalue weighted by Crippen LogP contribution is 2.21. The first-order chi connectivity index (χ1) is 5.54. The number of rotatable bonds is 2. The molecule has 1 radical (unpaired) electrons. The van der Waals surface area contributed by atoms with Crippen LogP contribution in [0.4, 0.5) is 5.69 Å². The number of hydrogen-bond donors (Lipinski definition) is 0. The molecule has 0 heterocycles. The van der Waals surface area contributed by atoms with Crippen LogP contribution < -0.4 is 9.22 Å². The summed E-state index contributed by atoms with van der Waals surface area (Å²) in [6, 6.07) is 8.93. The summed E-state index contributed by atoms with van der Waals surface area (Å²) in [5.41, 5.74) is 1.21. The average Bonchev–Trinajstić information content (AvgIpc) is 2.03. The van der Waals surface area contributed by atoms with Gasteiger partial charge in [0, 0.05) is 12.1 Å². The molecule has 0 spiro atoms. The van der Waals surface area contributed by atoms with Crippen LogP contribution in [0, 0.1) is 6.07 Å². The average molecular weight is 165 g/mol. The standard InChI is InChI=1S/C10H15NO/c1-11(2,3)9-6-5-7-10(8-9)12-4/h5-6,8H,1-4H3/q+1. The summed E-state index contributed by atoms with van der Waals surface area (Å²) in [5, 5.41) is 0. The Balaban J connectivity index is 3.02. The molecule has 12 heavy (non-hydrogen) atoms. The molecular weight excluding hydrogens is 150 g/mol. The first-order valence-electron chi connectivity index (χ1n) is 3.92. The fourth-order valence-electron chi connectivity index (χ4n) is 0.968. The summed E-state index contributed by atoms with van der Waals surface area (Å²) < 4.78 is 5.88. The van der Waals surface area contributed by atoms with Crippen LogP contribution in [0.1, 0.15) is 0 Å². The summed E-state index contributed by atoms with van der Waals surface area (Å²) in [6.45, 7) is 0. The molecule has 0 aliphatic heterocycles. The van der Waals surface area contributed by atoms with Gasteiger partial charge in [0.15, 0.2) is 0 Å². The van der Waals surface area contributed by atoms with Crippen molar-refractivity contribution < 1.29 is 4.74 Å². The Morgan fingerprint density at radius 1 is 1.33 bits per heavy atom. The molecule has 0 saturated carbocycles. The molecule has 0 aliphatic carbocycles. The lowest BCUT2D eigenvalue weighted by Gasteiger charge is -2.23. The Bertz CT molecular complexity index is 263. The van der Waals surface area contributed by atoms with E-state index in [-0.39, 0.29) is 0 Å². The Labute approximate surface area is 74.0 Å². The van der Waals surface area contributed by atoms with Crippen LogP contribution in [0.25, 0.3) is 0 Å². The number of hydrogen-bond acceptors (Lipinski definition) is 1. The van der Waals surface area contributed by atoms with Gasteiger partial charge < -0.3 is 4.74 Å². The van der Waals surface area contributed by atoms with Crippen molar-refractivity contribution in [3.8, 4) is 5.75 Å². The minimum atomic E-state index is 0.792. The maximum Gasteiger partial charge on any atom is 0.135 e. The van der Waals surface area contributed by atoms with Crippen LogP contribution in [0.3, 0.4) is 0 Å². The predicted octanol–water partition coefficient (Wildman–Crippen LogP) is 1.69. The maximum absolute atomic E-state index is 5.08. The Morgan fingerprint density at radius 3 is 2.50 bits per heavy atom. The minimum absolute atomic E-state index is 0.792. The molecule has 1 aromatic rings. The fourth-order valence-corrected chi connectivity index (χ4v) is 0.968. The monoisotopic (exact) mass is 165 g/mol. The normalized spacial score (nSPS) is 11.3. The molecule has 65 valence electrons. The van der Waals surface area contributed by atoms with Crippen LogP contribution in [0.5, 0.6) is 5.75 Å². The summed E-state index contributed by atoms with van der Waals surface area (Å²) in [5.74, 6) is 0.792. The quantitative estimate of drug-likeness (QED) is 0.606. The van der Waals surface area contributed by atoms with E-state index in [1.54, 1.807) is 7.11 Å². The van der Waals surface area contributed by atoms with Gasteiger partial charge in [-0.25, -0.2) is 0 Å². The van der Waals surface area contributed by atoms with Gasteiger partial charge in [-0.3, -0.25) is 4.48 Å². The predicted molar refractivity (Wildman–Crippen MR) is 51.4 cm³/mol. The van der Waals surface area contributed by atoms with Crippen molar-refractivity contribution in [2.75, 3.05) is 28.3 Å². The molecular formula is C10H15NO+. The lowest BCUT2D eigenvalue weighted by Crippen LogP contribution is -2.34. The zero-order chi connectivity index (χ0) is 9.19. The third-order valence-corrected chi connectivity index (χ3v) is 1.75. The number of ether oxygens (including phenoxy) is 1. The van der Waals surface area contributed by atoms with Crippen molar-refractivity contribution in [3.05, 3.63) is 24.3 Å². The third kappa shape index (κ3) is 1.98. The molecule has 0 unspecified atom stereocenters. The Hall–Kier alpha value is -1.02. The van der Waals surface area contributed by atoms with E-state index in [9.17, 15) is 0 Å². The molecule has 2 nitrogen and oxygen atoms in total. The Kier molecular flexibility index (Phi) is 2.38. The van der Waals surface area contributed by atoms with E-state index < -0.39 is 0 Å². The number of benzene rings is 1. The van der Waals surface area contributed by atoms with E-state index in [1.165, 1.54) is 5.69 Å². The lowest BCUT2D eigenvalue weighted by molar-refractivity contribution is 0.410. The molecule has 0 atom stereocenters. The van der Waals surface area contributed by atoms with E-state index in [0.29, 0.717) is 0 Å². The zero-order valence-corrected chi connectivity index (χ0v) is 8.09. The number of methoxy groups -OCH3 is 1. The van der Waals surface area contributed by atoms with Gasteiger partial charge in [-0.1, -0.05) is 0 Å².